The Bertz CT molecular complexity index is 1700. The first-order valence-electron chi connectivity index (χ1n) is 11.6. The molecule has 0 saturated carbocycles. The number of hydrogen-bond donors (Lipinski definition) is 1. The van der Waals surface area contributed by atoms with Crippen LogP contribution in [0.2, 0.25) is 0 Å². The molecular formula is C29H21NO7. The number of aromatic nitrogens is 1. The smallest absolute Gasteiger partial charge is 0.312 e. The van der Waals surface area contributed by atoms with Crippen LogP contribution < -0.4 is 24.5 Å². The van der Waals surface area contributed by atoms with E-state index in [2.05, 4.69) is 4.98 Å². The molecule has 3 heterocycles. The summed E-state index contributed by atoms with van der Waals surface area (Å²) >= 11 is 0. The van der Waals surface area contributed by atoms with Gasteiger partial charge < -0.3 is 23.9 Å². The standard InChI is InChI=1S/C29H21NO7/c1-34-17-8-7-15-11-20(29(33)30-21(15)13-17)19-14-25(31)36-23-10-9-18-27(32)24(37-28(18)26(19)23)12-16-5-3-4-6-22(16)35-2/h3-13,19H,14H2,1-2H3,(H,30,33)/b24-12-/t19-/m0/s1. The number of pyridine rings is 1. The zero-order chi connectivity index (χ0) is 25.7. The average molecular weight is 495 g/mol. The zero-order valence-corrected chi connectivity index (χ0v) is 20.0. The Kier molecular flexibility index (Phi) is 5.30. The van der Waals surface area contributed by atoms with Crippen LogP contribution in [-0.2, 0) is 4.79 Å². The number of esters is 1. The topological polar surface area (TPSA) is 104 Å². The number of ether oxygens (including phenoxy) is 4. The Morgan fingerprint density at radius 2 is 1.78 bits per heavy atom. The molecule has 4 aromatic rings. The van der Waals surface area contributed by atoms with E-state index in [0.29, 0.717) is 39.3 Å². The number of hydrogen-bond acceptors (Lipinski definition) is 7. The van der Waals surface area contributed by atoms with Gasteiger partial charge in [-0.25, -0.2) is 0 Å². The highest BCUT2D eigenvalue weighted by Crippen LogP contribution is 2.48. The molecule has 6 rings (SSSR count). The van der Waals surface area contributed by atoms with Crippen LogP contribution >= 0.6 is 0 Å². The fourth-order valence-corrected chi connectivity index (χ4v) is 4.88. The molecule has 0 amide bonds. The van der Waals surface area contributed by atoms with Crippen LogP contribution in [0.5, 0.6) is 23.0 Å². The second-order valence-electron chi connectivity index (χ2n) is 8.77. The largest absolute Gasteiger partial charge is 0.497 e. The number of Topliss-reactive ketones (excluding diaryl/α,β-unsaturated/α-hetero) is 1. The van der Waals surface area contributed by atoms with E-state index in [1.54, 1.807) is 56.7 Å². The van der Waals surface area contributed by atoms with Gasteiger partial charge in [0.05, 0.1) is 31.7 Å². The molecule has 0 saturated heterocycles. The Morgan fingerprint density at radius 3 is 2.59 bits per heavy atom. The Morgan fingerprint density at radius 1 is 0.946 bits per heavy atom. The highest BCUT2D eigenvalue weighted by atomic mass is 16.5. The number of aromatic amines is 1. The molecule has 8 heteroatoms. The Labute approximate surface area is 211 Å². The summed E-state index contributed by atoms with van der Waals surface area (Å²) in [6, 6.07) is 17.5. The number of H-pyrrole nitrogens is 1. The van der Waals surface area contributed by atoms with Crippen LogP contribution in [0.4, 0.5) is 0 Å². The predicted molar refractivity (Wildman–Crippen MR) is 136 cm³/mol. The third-order valence-corrected chi connectivity index (χ3v) is 6.66. The van der Waals surface area contributed by atoms with E-state index < -0.39 is 11.9 Å². The highest BCUT2D eigenvalue weighted by Gasteiger charge is 2.39. The first-order chi connectivity index (χ1) is 18.0. The van der Waals surface area contributed by atoms with E-state index in [0.717, 1.165) is 5.39 Å². The highest BCUT2D eigenvalue weighted by molar-refractivity contribution is 6.15. The molecule has 8 nitrogen and oxygen atoms in total. The van der Waals surface area contributed by atoms with E-state index in [-0.39, 0.29) is 35.0 Å². The Balaban J connectivity index is 1.49. The lowest BCUT2D eigenvalue weighted by atomic mass is 9.85. The lowest BCUT2D eigenvalue weighted by Crippen LogP contribution is -2.26. The number of carbonyl (C=O) groups excluding carboxylic acids is 2. The minimum Gasteiger partial charge on any atom is -0.497 e. The van der Waals surface area contributed by atoms with Crippen LogP contribution in [0.25, 0.3) is 17.0 Å². The zero-order valence-electron chi connectivity index (χ0n) is 20.0. The van der Waals surface area contributed by atoms with Crippen LogP contribution in [0.15, 0.2) is 71.2 Å². The number of carbonyl (C=O) groups is 2. The summed E-state index contributed by atoms with van der Waals surface area (Å²) in [5.41, 5.74) is 2.15. The first kappa shape index (κ1) is 22.6. The van der Waals surface area contributed by atoms with Gasteiger partial charge in [0.15, 0.2) is 5.76 Å². The maximum Gasteiger partial charge on any atom is 0.312 e. The van der Waals surface area contributed by atoms with Crippen molar-refractivity contribution in [3.8, 4) is 23.0 Å². The summed E-state index contributed by atoms with van der Waals surface area (Å²) < 4.78 is 22.2. The third kappa shape index (κ3) is 3.74. The van der Waals surface area contributed by atoms with Crippen molar-refractivity contribution in [3.63, 3.8) is 0 Å². The lowest BCUT2D eigenvalue weighted by molar-refractivity contribution is -0.135. The van der Waals surface area contributed by atoms with Crippen molar-refractivity contribution >= 4 is 28.7 Å². The summed E-state index contributed by atoms with van der Waals surface area (Å²) in [5, 5.41) is 0.775. The van der Waals surface area contributed by atoms with Crippen LogP contribution in [0.3, 0.4) is 0 Å². The van der Waals surface area contributed by atoms with Gasteiger partial charge in [0, 0.05) is 28.7 Å². The van der Waals surface area contributed by atoms with Crippen LogP contribution in [-0.4, -0.2) is 31.0 Å². The molecule has 0 bridgehead atoms. The molecule has 37 heavy (non-hydrogen) atoms. The van der Waals surface area contributed by atoms with Gasteiger partial charge in [-0.15, -0.1) is 0 Å². The predicted octanol–water partition coefficient (Wildman–Crippen LogP) is 4.60. The van der Waals surface area contributed by atoms with E-state index in [1.165, 1.54) is 0 Å². The maximum absolute atomic E-state index is 13.3. The minimum atomic E-state index is -0.667. The second-order valence-corrected chi connectivity index (χ2v) is 8.77. The van der Waals surface area contributed by atoms with Crippen molar-refractivity contribution in [3.05, 3.63) is 99.0 Å². The summed E-state index contributed by atoms with van der Waals surface area (Å²) in [6.07, 6.45) is 1.55. The summed E-state index contributed by atoms with van der Waals surface area (Å²) in [7, 11) is 3.10. The minimum absolute atomic E-state index is 0.0721. The van der Waals surface area contributed by atoms with Gasteiger partial charge >= 0.3 is 5.97 Å². The molecule has 2 aliphatic rings. The van der Waals surface area contributed by atoms with Crippen molar-refractivity contribution in [1.29, 1.82) is 0 Å². The number of nitrogens with one attached hydrogen (secondary N) is 1. The second kappa shape index (κ2) is 8.67. The Hall–Kier alpha value is -4.85. The third-order valence-electron chi connectivity index (χ3n) is 6.66. The summed E-state index contributed by atoms with van der Waals surface area (Å²) in [6.45, 7) is 0. The monoisotopic (exact) mass is 495 g/mol. The van der Waals surface area contributed by atoms with E-state index in [4.69, 9.17) is 18.9 Å². The number of para-hydroxylation sites is 1. The summed E-state index contributed by atoms with van der Waals surface area (Å²) in [5.74, 6) is 0.427. The quantitative estimate of drug-likeness (QED) is 0.251. The van der Waals surface area contributed by atoms with Crippen molar-refractivity contribution in [2.75, 3.05) is 14.2 Å². The van der Waals surface area contributed by atoms with Gasteiger partial charge in [-0.05, 0) is 47.9 Å². The number of rotatable bonds is 4. The van der Waals surface area contributed by atoms with Crippen LogP contribution in [0.1, 0.15) is 39.4 Å². The van der Waals surface area contributed by atoms with Gasteiger partial charge in [-0.2, -0.15) is 0 Å². The van der Waals surface area contributed by atoms with Gasteiger partial charge in [0.1, 0.15) is 23.0 Å². The van der Waals surface area contributed by atoms with Gasteiger partial charge in [-0.3, -0.25) is 14.4 Å². The van der Waals surface area contributed by atoms with E-state index in [1.807, 2.05) is 24.3 Å². The van der Waals surface area contributed by atoms with Gasteiger partial charge in [-0.1, -0.05) is 18.2 Å². The van der Waals surface area contributed by atoms with E-state index >= 15 is 0 Å². The van der Waals surface area contributed by atoms with Crippen molar-refractivity contribution in [2.24, 2.45) is 0 Å². The van der Waals surface area contributed by atoms with E-state index in [9.17, 15) is 14.4 Å². The number of methoxy groups -OCH3 is 2. The molecule has 1 aromatic heterocycles. The SMILES string of the molecule is COc1ccc2cc([C@@H]3CC(=O)Oc4ccc5c(c43)O/C(=C\c3ccccc3OC)C5=O)c(=O)[nH]c2c1. The molecule has 0 aliphatic carbocycles. The molecule has 0 spiro atoms. The normalized spacial score (nSPS) is 17.2. The number of benzene rings is 3. The van der Waals surface area contributed by atoms with Crippen molar-refractivity contribution in [1.82, 2.24) is 4.98 Å². The molecule has 3 aromatic carbocycles. The molecular weight excluding hydrogens is 474 g/mol. The fourth-order valence-electron chi connectivity index (χ4n) is 4.88. The summed E-state index contributed by atoms with van der Waals surface area (Å²) in [4.78, 5) is 41.9. The van der Waals surface area contributed by atoms with Gasteiger partial charge in [0.2, 0.25) is 5.78 Å². The number of allylic oxidation sites excluding steroid dienone is 1. The first-order valence-corrected chi connectivity index (χ1v) is 11.6. The fraction of sp³-hybridized carbons (Fsp3) is 0.138. The maximum atomic E-state index is 13.3. The molecule has 1 atom stereocenters. The van der Waals surface area contributed by atoms with Gasteiger partial charge in [0.25, 0.3) is 5.56 Å². The molecule has 0 unspecified atom stereocenters. The molecule has 2 aliphatic heterocycles. The molecule has 0 radical (unpaired) electrons. The molecule has 0 fully saturated rings. The number of fused-ring (bicyclic) bond motifs is 4. The van der Waals surface area contributed by atoms with Crippen LogP contribution in [0, 0.1) is 0 Å². The van der Waals surface area contributed by atoms with Crippen molar-refractivity contribution in [2.45, 2.75) is 12.3 Å². The lowest BCUT2D eigenvalue weighted by Gasteiger charge is -2.26. The molecule has 184 valence electrons. The number of ketones is 1. The molecule has 1 N–H and O–H groups in total. The van der Waals surface area contributed by atoms with Crippen molar-refractivity contribution < 1.29 is 28.5 Å². The average Bonchev–Trinajstić information content (AvgIpc) is 3.22.